The molecule has 0 atom stereocenters. The summed E-state index contributed by atoms with van der Waals surface area (Å²) < 4.78 is 11.3. The van der Waals surface area contributed by atoms with Crippen molar-refractivity contribution in [3.63, 3.8) is 0 Å². The number of aromatic nitrogens is 1. The van der Waals surface area contributed by atoms with Crippen LogP contribution in [0.5, 0.6) is 11.5 Å². The van der Waals surface area contributed by atoms with Gasteiger partial charge < -0.3 is 14.8 Å². The van der Waals surface area contributed by atoms with Crippen molar-refractivity contribution >= 4 is 11.3 Å². The van der Waals surface area contributed by atoms with Crippen LogP contribution in [-0.2, 0) is 13.0 Å². The first-order valence-electron chi connectivity index (χ1n) is 6.40. The second kappa shape index (κ2) is 6.04. The highest BCUT2D eigenvalue weighted by atomic mass is 32.1. The number of thiazole rings is 1. The molecule has 2 aromatic rings. The molecule has 100 valence electrons. The van der Waals surface area contributed by atoms with Crippen LogP contribution in [0, 0.1) is 0 Å². The van der Waals surface area contributed by atoms with Crippen molar-refractivity contribution in [3.05, 3.63) is 40.3 Å². The summed E-state index contributed by atoms with van der Waals surface area (Å²) in [6.07, 6.45) is 2.81. The second-order valence-electron chi connectivity index (χ2n) is 4.29. The van der Waals surface area contributed by atoms with Gasteiger partial charge in [-0.3, -0.25) is 0 Å². The van der Waals surface area contributed by atoms with Crippen LogP contribution in [-0.4, -0.2) is 24.7 Å². The van der Waals surface area contributed by atoms with Gasteiger partial charge in [-0.05, 0) is 6.07 Å². The first-order chi connectivity index (χ1) is 9.43. The standard InChI is InChI=1S/C14H16N2O2S/c1-2-11(14-12(3-1)17-7-8-18-14)10-15-5-4-13-16-6-9-19-13/h1-3,6,9,15H,4-5,7-8,10H2. The van der Waals surface area contributed by atoms with Crippen molar-refractivity contribution in [2.45, 2.75) is 13.0 Å². The number of nitrogens with one attached hydrogen (secondary N) is 1. The molecule has 0 saturated carbocycles. The van der Waals surface area contributed by atoms with Gasteiger partial charge in [-0.15, -0.1) is 11.3 Å². The van der Waals surface area contributed by atoms with Crippen molar-refractivity contribution in [1.82, 2.24) is 10.3 Å². The van der Waals surface area contributed by atoms with Gasteiger partial charge in [0, 0.05) is 36.7 Å². The summed E-state index contributed by atoms with van der Waals surface area (Å²) >= 11 is 1.70. The van der Waals surface area contributed by atoms with Gasteiger partial charge in [0.2, 0.25) is 0 Å². The van der Waals surface area contributed by atoms with Crippen LogP contribution in [0.25, 0.3) is 0 Å². The minimum atomic E-state index is 0.628. The summed E-state index contributed by atoms with van der Waals surface area (Å²) in [4.78, 5) is 4.26. The van der Waals surface area contributed by atoms with Crippen LogP contribution in [0.2, 0.25) is 0 Å². The van der Waals surface area contributed by atoms with E-state index in [1.54, 1.807) is 11.3 Å². The Bertz CT molecular complexity index is 528. The Morgan fingerprint density at radius 1 is 1.26 bits per heavy atom. The second-order valence-corrected chi connectivity index (χ2v) is 5.27. The number of benzene rings is 1. The van der Waals surface area contributed by atoms with Crippen LogP contribution in [0.1, 0.15) is 10.6 Å². The molecular weight excluding hydrogens is 260 g/mol. The van der Waals surface area contributed by atoms with Gasteiger partial charge in [0.1, 0.15) is 13.2 Å². The molecule has 0 fully saturated rings. The first-order valence-corrected chi connectivity index (χ1v) is 7.28. The molecule has 5 heteroatoms. The van der Waals surface area contributed by atoms with Crippen LogP contribution in [0.3, 0.4) is 0 Å². The fourth-order valence-electron chi connectivity index (χ4n) is 2.07. The third-order valence-electron chi connectivity index (χ3n) is 2.96. The van der Waals surface area contributed by atoms with E-state index in [1.165, 1.54) is 5.01 Å². The van der Waals surface area contributed by atoms with Crippen LogP contribution in [0.15, 0.2) is 29.8 Å². The van der Waals surface area contributed by atoms with E-state index in [1.807, 2.05) is 23.7 Å². The third kappa shape index (κ3) is 3.05. The molecule has 3 rings (SSSR count). The Balaban J connectivity index is 1.55. The normalized spacial score (nSPS) is 13.5. The van der Waals surface area contributed by atoms with Crippen molar-refractivity contribution in [3.8, 4) is 11.5 Å². The zero-order valence-electron chi connectivity index (χ0n) is 10.6. The predicted octanol–water partition coefficient (Wildman–Crippen LogP) is 2.25. The summed E-state index contributed by atoms with van der Waals surface area (Å²) in [6.45, 7) is 2.97. The van der Waals surface area contributed by atoms with Gasteiger partial charge in [0.05, 0.1) is 5.01 Å². The molecule has 1 aliphatic rings. The number of para-hydroxylation sites is 1. The fraction of sp³-hybridized carbons (Fsp3) is 0.357. The zero-order chi connectivity index (χ0) is 12.9. The Labute approximate surface area is 116 Å². The SMILES string of the molecule is c1cc(CNCCc2nccs2)c2c(c1)OCCO2. The molecular formula is C14H16N2O2S. The maximum atomic E-state index is 5.68. The molecule has 0 saturated heterocycles. The van der Waals surface area contributed by atoms with E-state index in [-0.39, 0.29) is 0 Å². The Hall–Kier alpha value is -1.59. The van der Waals surface area contributed by atoms with Gasteiger partial charge in [-0.2, -0.15) is 0 Å². The van der Waals surface area contributed by atoms with E-state index >= 15 is 0 Å². The molecule has 0 radical (unpaired) electrons. The van der Waals surface area contributed by atoms with E-state index in [9.17, 15) is 0 Å². The Morgan fingerprint density at radius 2 is 2.21 bits per heavy atom. The molecule has 0 unspecified atom stereocenters. The summed E-state index contributed by atoms with van der Waals surface area (Å²) in [5.41, 5.74) is 1.15. The molecule has 1 aromatic heterocycles. The van der Waals surface area contributed by atoms with Gasteiger partial charge in [0.25, 0.3) is 0 Å². The largest absolute Gasteiger partial charge is 0.486 e. The number of ether oxygens (including phenoxy) is 2. The topological polar surface area (TPSA) is 43.4 Å². The van der Waals surface area contributed by atoms with Gasteiger partial charge in [0.15, 0.2) is 11.5 Å². The highest BCUT2D eigenvalue weighted by molar-refractivity contribution is 7.09. The molecule has 19 heavy (non-hydrogen) atoms. The number of hydrogen-bond acceptors (Lipinski definition) is 5. The quantitative estimate of drug-likeness (QED) is 0.851. The molecule has 0 spiro atoms. The molecule has 4 nitrogen and oxygen atoms in total. The maximum Gasteiger partial charge on any atom is 0.165 e. The molecule has 0 bridgehead atoms. The van der Waals surface area contributed by atoms with E-state index < -0.39 is 0 Å². The van der Waals surface area contributed by atoms with Crippen molar-refractivity contribution < 1.29 is 9.47 Å². The summed E-state index contributed by atoms with van der Waals surface area (Å²) in [7, 11) is 0. The molecule has 2 heterocycles. The fourth-order valence-corrected chi connectivity index (χ4v) is 2.69. The molecule has 1 aromatic carbocycles. The van der Waals surface area contributed by atoms with E-state index in [0.717, 1.165) is 36.6 Å². The number of nitrogens with zero attached hydrogens (tertiary/aromatic N) is 1. The van der Waals surface area contributed by atoms with Gasteiger partial charge in [-0.25, -0.2) is 4.98 Å². The van der Waals surface area contributed by atoms with Crippen LogP contribution in [0.4, 0.5) is 0 Å². The highest BCUT2D eigenvalue weighted by Crippen LogP contribution is 2.33. The van der Waals surface area contributed by atoms with E-state index in [4.69, 9.17) is 9.47 Å². The van der Waals surface area contributed by atoms with E-state index in [0.29, 0.717) is 13.2 Å². The van der Waals surface area contributed by atoms with Crippen LogP contribution < -0.4 is 14.8 Å². The lowest BCUT2D eigenvalue weighted by molar-refractivity contribution is 0.169. The minimum Gasteiger partial charge on any atom is -0.486 e. The zero-order valence-corrected chi connectivity index (χ0v) is 11.4. The number of rotatable bonds is 5. The van der Waals surface area contributed by atoms with Gasteiger partial charge >= 0.3 is 0 Å². The monoisotopic (exact) mass is 276 g/mol. The van der Waals surface area contributed by atoms with Crippen molar-refractivity contribution in [2.24, 2.45) is 0 Å². The average molecular weight is 276 g/mol. The maximum absolute atomic E-state index is 5.68. The number of hydrogen-bond donors (Lipinski definition) is 1. The lowest BCUT2D eigenvalue weighted by Crippen LogP contribution is -2.20. The molecule has 1 aliphatic heterocycles. The lowest BCUT2D eigenvalue weighted by Gasteiger charge is -2.21. The third-order valence-corrected chi connectivity index (χ3v) is 3.80. The van der Waals surface area contributed by atoms with E-state index in [2.05, 4.69) is 16.4 Å². The van der Waals surface area contributed by atoms with Gasteiger partial charge in [-0.1, -0.05) is 12.1 Å². The number of fused-ring (bicyclic) bond motifs is 1. The summed E-state index contributed by atoms with van der Waals surface area (Å²) in [6, 6.07) is 6.03. The Morgan fingerprint density at radius 3 is 3.11 bits per heavy atom. The van der Waals surface area contributed by atoms with Crippen molar-refractivity contribution in [1.29, 1.82) is 0 Å². The van der Waals surface area contributed by atoms with Crippen LogP contribution >= 0.6 is 11.3 Å². The summed E-state index contributed by atoms with van der Waals surface area (Å²) in [5.74, 6) is 1.74. The minimum absolute atomic E-state index is 0.628. The molecule has 0 amide bonds. The smallest absolute Gasteiger partial charge is 0.165 e. The molecule has 0 aliphatic carbocycles. The predicted molar refractivity (Wildman–Crippen MR) is 75.0 cm³/mol. The first kappa shape index (κ1) is 12.4. The summed E-state index contributed by atoms with van der Waals surface area (Å²) in [5, 5.41) is 6.60. The lowest BCUT2D eigenvalue weighted by atomic mass is 10.1. The molecule has 1 N–H and O–H groups in total. The highest BCUT2D eigenvalue weighted by Gasteiger charge is 2.14. The Kier molecular flexibility index (Phi) is 3.95. The average Bonchev–Trinajstić information content (AvgIpc) is 2.97. The van der Waals surface area contributed by atoms with Crippen molar-refractivity contribution in [2.75, 3.05) is 19.8 Å².